The Labute approximate surface area is 157 Å². The number of nitrogens with one attached hydrogen (secondary N) is 2. The number of anilines is 1. The van der Waals surface area contributed by atoms with E-state index < -0.39 is 5.54 Å². The van der Waals surface area contributed by atoms with E-state index in [1.165, 1.54) is 0 Å². The molecule has 1 fully saturated rings. The van der Waals surface area contributed by atoms with Gasteiger partial charge in [0.05, 0.1) is 22.7 Å². The maximum atomic E-state index is 12.9. The van der Waals surface area contributed by atoms with Crippen LogP contribution in [-0.2, 0) is 11.3 Å². The molecule has 0 bridgehead atoms. The normalized spacial score (nSPS) is 25.5. The summed E-state index contributed by atoms with van der Waals surface area (Å²) in [6.07, 6.45) is 0. The molecule has 4 rings (SSSR count). The van der Waals surface area contributed by atoms with Crippen molar-refractivity contribution in [2.24, 2.45) is 5.92 Å². The van der Waals surface area contributed by atoms with Crippen LogP contribution in [-0.4, -0.2) is 35.3 Å². The molecule has 2 aromatic rings. The monoisotopic (exact) mass is 369 g/mol. The number of rotatable bonds is 2. The fourth-order valence-corrected chi connectivity index (χ4v) is 4.03. The fourth-order valence-electron chi connectivity index (χ4n) is 3.90. The second kappa shape index (κ2) is 6.41. The number of hydrogen-bond acceptors (Lipinski definition) is 3. The van der Waals surface area contributed by atoms with Crippen molar-refractivity contribution in [1.29, 1.82) is 0 Å². The molecule has 26 heavy (non-hydrogen) atoms. The molecule has 1 saturated heterocycles. The number of benzene rings is 2. The Morgan fingerprint density at radius 1 is 1.15 bits per heavy atom. The highest BCUT2D eigenvalue weighted by molar-refractivity contribution is 6.30. The predicted octanol–water partition coefficient (Wildman–Crippen LogP) is 2.91. The molecule has 6 heteroatoms. The lowest BCUT2D eigenvalue weighted by molar-refractivity contribution is -0.121. The van der Waals surface area contributed by atoms with E-state index in [1.54, 1.807) is 18.2 Å². The predicted molar refractivity (Wildman–Crippen MR) is 101 cm³/mol. The van der Waals surface area contributed by atoms with Crippen LogP contribution in [0.3, 0.4) is 0 Å². The van der Waals surface area contributed by atoms with E-state index in [4.69, 9.17) is 11.6 Å². The summed E-state index contributed by atoms with van der Waals surface area (Å²) in [6.45, 7) is 3.86. The van der Waals surface area contributed by atoms with Gasteiger partial charge in [0.2, 0.25) is 5.91 Å². The summed E-state index contributed by atoms with van der Waals surface area (Å²) in [5.41, 5.74) is 1.58. The van der Waals surface area contributed by atoms with Gasteiger partial charge in [-0.2, -0.15) is 0 Å². The van der Waals surface area contributed by atoms with Crippen molar-refractivity contribution in [3.05, 3.63) is 64.7 Å². The van der Waals surface area contributed by atoms with Crippen LogP contribution in [0.1, 0.15) is 22.8 Å². The first-order valence-electron chi connectivity index (χ1n) is 8.64. The van der Waals surface area contributed by atoms with Gasteiger partial charge >= 0.3 is 0 Å². The molecule has 0 unspecified atom stereocenters. The van der Waals surface area contributed by atoms with E-state index in [9.17, 15) is 9.59 Å². The minimum absolute atomic E-state index is 0.0569. The Morgan fingerprint density at radius 2 is 1.88 bits per heavy atom. The molecular weight excluding hydrogens is 350 g/mol. The maximum absolute atomic E-state index is 12.9. The van der Waals surface area contributed by atoms with Gasteiger partial charge < -0.3 is 10.6 Å². The molecule has 2 N–H and O–H groups in total. The SMILES string of the molecule is C[C@]12CN(Cc3ccc(Cl)cc3)C[C@H]1C(=O)Nc1ccccc1C(=O)N2. The lowest BCUT2D eigenvalue weighted by Gasteiger charge is -2.33. The van der Waals surface area contributed by atoms with E-state index >= 15 is 0 Å². The molecule has 5 nitrogen and oxygen atoms in total. The van der Waals surface area contributed by atoms with Crippen LogP contribution in [0.25, 0.3) is 0 Å². The van der Waals surface area contributed by atoms with Crippen LogP contribution < -0.4 is 10.6 Å². The quantitative estimate of drug-likeness (QED) is 0.855. The number of halogens is 1. The number of para-hydroxylation sites is 1. The highest BCUT2D eigenvalue weighted by atomic mass is 35.5. The molecule has 134 valence electrons. The van der Waals surface area contributed by atoms with Crippen LogP contribution in [0.15, 0.2) is 48.5 Å². The zero-order valence-electron chi connectivity index (χ0n) is 14.5. The van der Waals surface area contributed by atoms with E-state index in [1.807, 2.05) is 37.3 Å². The number of fused-ring (bicyclic) bond motifs is 2. The molecule has 2 amide bonds. The van der Waals surface area contributed by atoms with Crippen LogP contribution >= 0.6 is 11.6 Å². The van der Waals surface area contributed by atoms with Gasteiger partial charge in [0.15, 0.2) is 0 Å². The summed E-state index contributed by atoms with van der Waals surface area (Å²) in [6, 6.07) is 14.8. The van der Waals surface area contributed by atoms with Crippen LogP contribution in [0.5, 0.6) is 0 Å². The van der Waals surface area contributed by atoms with Gasteiger partial charge in [-0.15, -0.1) is 0 Å². The summed E-state index contributed by atoms with van der Waals surface area (Å²) in [5, 5.41) is 6.75. The molecule has 0 spiro atoms. The molecule has 0 saturated carbocycles. The first-order valence-corrected chi connectivity index (χ1v) is 9.02. The highest BCUT2D eigenvalue weighted by Gasteiger charge is 2.49. The van der Waals surface area contributed by atoms with E-state index in [0.717, 1.165) is 5.56 Å². The van der Waals surface area contributed by atoms with Gasteiger partial charge in [0.1, 0.15) is 0 Å². The van der Waals surface area contributed by atoms with Crippen LogP contribution in [0, 0.1) is 5.92 Å². The number of carbonyl (C=O) groups is 2. The second-order valence-electron chi connectivity index (χ2n) is 7.26. The Kier molecular flexibility index (Phi) is 4.21. The van der Waals surface area contributed by atoms with Crippen molar-refractivity contribution < 1.29 is 9.59 Å². The Morgan fingerprint density at radius 3 is 2.65 bits per heavy atom. The molecule has 0 aliphatic carbocycles. The van der Waals surface area contributed by atoms with Crippen molar-refractivity contribution in [3.8, 4) is 0 Å². The van der Waals surface area contributed by atoms with Crippen molar-refractivity contribution in [3.63, 3.8) is 0 Å². The first kappa shape index (κ1) is 17.1. The van der Waals surface area contributed by atoms with Crippen LogP contribution in [0.4, 0.5) is 5.69 Å². The zero-order valence-corrected chi connectivity index (χ0v) is 15.2. The van der Waals surface area contributed by atoms with Gasteiger partial charge in [-0.1, -0.05) is 35.9 Å². The fraction of sp³-hybridized carbons (Fsp3) is 0.300. The van der Waals surface area contributed by atoms with Gasteiger partial charge in [-0.3, -0.25) is 14.5 Å². The summed E-state index contributed by atoms with van der Waals surface area (Å²) >= 11 is 5.95. The number of likely N-dealkylation sites (tertiary alicyclic amines) is 1. The van der Waals surface area contributed by atoms with Gasteiger partial charge in [0.25, 0.3) is 5.91 Å². The molecule has 0 radical (unpaired) electrons. The topological polar surface area (TPSA) is 61.4 Å². The van der Waals surface area contributed by atoms with Crippen LogP contribution in [0.2, 0.25) is 5.02 Å². The van der Waals surface area contributed by atoms with Crippen molar-refractivity contribution in [2.45, 2.75) is 19.0 Å². The largest absolute Gasteiger partial charge is 0.345 e. The van der Waals surface area contributed by atoms with Gasteiger partial charge in [-0.05, 0) is 36.8 Å². The minimum Gasteiger partial charge on any atom is -0.345 e. The van der Waals surface area contributed by atoms with Crippen molar-refractivity contribution >= 4 is 29.1 Å². The average Bonchev–Trinajstić information content (AvgIpc) is 2.92. The number of carbonyl (C=O) groups excluding carboxylic acids is 2. The third-order valence-corrected chi connectivity index (χ3v) is 5.48. The van der Waals surface area contributed by atoms with E-state index in [2.05, 4.69) is 15.5 Å². The van der Waals surface area contributed by atoms with Gasteiger partial charge in [0, 0.05) is 24.7 Å². The van der Waals surface area contributed by atoms with E-state index in [-0.39, 0.29) is 17.7 Å². The maximum Gasteiger partial charge on any atom is 0.253 e. The Hall–Kier alpha value is -2.37. The summed E-state index contributed by atoms with van der Waals surface area (Å²) in [4.78, 5) is 27.8. The molecule has 2 heterocycles. The third-order valence-electron chi connectivity index (χ3n) is 5.23. The minimum atomic E-state index is -0.610. The summed E-state index contributed by atoms with van der Waals surface area (Å²) in [5.74, 6) is -0.521. The van der Waals surface area contributed by atoms with Crippen molar-refractivity contribution in [1.82, 2.24) is 10.2 Å². The lowest BCUT2D eigenvalue weighted by Crippen LogP contribution is -2.56. The standard InChI is InChI=1S/C20H20ClN3O2/c1-20-12-24(10-13-6-8-14(21)9-7-13)11-16(20)19(26)22-17-5-3-2-4-15(17)18(25)23-20/h2-9,16H,10-12H2,1H3,(H,22,26)(H,23,25)/t16-,20-/m0/s1. The number of hydrogen-bond donors (Lipinski definition) is 2. The third kappa shape index (κ3) is 3.08. The molecule has 2 atom stereocenters. The summed E-state index contributed by atoms with van der Waals surface area (Å²) < 4.78 is 0. The molecule has 2 aliphatic heterocycles. The Balaban J connectivity index is 1.59. The molecule has 2 aromatic carbocycles. The zero-order chi connectivity index (χ0) is 18.3. The first-order chi connectivity index (χ1) is 12.4. The summed E-state index contributed by atoms with van der Waals surface area (Å²) in [7, 11) is 0. The smallest absolute Gasteiger partial charge is 0.253 e. The highest BCUT2D eigenvalue weighted by Crippen LogP contribution is 2.33. The molecule has 0 aromatic heterocycles. The average molecular weight is 370 g/mol. The Bertz CT molecular complexity index is 868. The van der Waals surface area contributed by atoms with Gasteiger partial charge in [-0.25, -0.2) is 0 Å². The number of amides is 2. The van der Waals surface area contributed by atoms with E-state index in [0.29, 0.717) is 35.9 Å². The lowest BCUT2D eigenvalue weighted by atomic mass is 9.86. The second-order valence-corrected chi connectivity index (χ2v) is 7.69. The number of nitrogens with zero attached hydrogens (tertiary/aromatic N) is 1. The molecule has 2 aliphatic rings. The van der Waals surface area contributed by atoms with Crippen molar-refractivity contribution in [2.75, 3.05) is 18.4 Å². The molecular formula is C20H20ClN3O2.